The quantitative estimate of drug-likeness (QED) is 0.634. The largest absolute Gasteiger partial charge is 0.347 e. The molecule has 21 heavy (non-hydrogen) atoms. The number of aromatic nitrogens is 1. The van der Waals surface area contributed by atoms with E-state index < -0.39 is 0 Å². The molecule has 2 aromatic carbocycles. The second kappa shape index (κ2) is 5.96. The van der Waals surface area contributed by atoms with Gasteiger partial charge >= 0.3 is 0 Å². The molecule has 0 fully saturated rings. The molecule has 0 amide bonds. The maximum Gasteiger partial charge on any atom is 0.150 e. The minimum Gasteiger partial charge on any atom is -0.347 e. The van der Waals surface area contributed by atoms with Crippen molar-refractivity contribution in [3.05, 3.63) is 71.4 Å². The molecule has 0 saturated carbocycles. The Morgan fingerprint density at radius 2 is 1.90 bits per heavy atom. The Hall–Kier alpha value is -2.35. The van der Waals surface area contributed by atoms with Gasteiger partial charge in [0.25, 0.3) is 0 Å². The van der Waals surface area contributed by atoms with Crippen LogP contribution in [0, 0.1) is 6.92 Å². The molecule has 1 aromatic heterocycles. The van der Waals surface area contributed by atoms with Gasteiger partial charge in [0.1, 0.15) is 6.29 Å². The van der Waals surface area contributed by atoms with Crippen molar-refractivity contribution in [1.82, 2.24) is 4.57 Å². The summed E-state index contributed by atoms with van der Waals surface area (Å²) < 4.78 is 2.26. The molecule has 0 N–H and O–H groups in total. The highest BCUT2D eigenvalue weighted by Gasteiger charge is 2.06. The third kappa shape index (κ3) is 2.89. The summed E-state index contributed by atoms with van der Waals surface area (Å²) in [4.78, 5) is 11.0. The van der Waals surface area contributed by atoms with Gasteiger partial charge in [0.05, 0.1) is 0 Å². The van der Waals surface area contributed by atoms with Gasteiger partial charge in [0.15, 0.2) is 0 Å². The van der Waals surface area contributed by atoms with E-state index in [4.69, 9.17) is 0 Å². The summed E-state index contributed by atoms with van der Waals surface area (Å²) in [7, 11) is 0. The molecule has 2 nitrogen and oxygen atoms in total. The van der Waals surface area contributed by atoms with E-state index in [1.807, 2.05) is 24.3 Å². The van der Waals surface area contributed by atoms with Gasteiger partial charge in [-0.15, -0.1) is 0 Å². The number of rotatable bonds is 5. The maximum atomic E-state index is 11.0. The second-order valence-electron chi connectivity index (χ2n) is 5.49. The van der Waals surface area contributed by atoms with Gasteiger partial charge in [-0.2, -0.15) is 0 Å². The molecule has 0 bridgehead atoms. The normalized spacial score (nSPS) is 10.9. The molecule has 0 aliphatic heterocycles. The first-order chi connectivity index (χ1) is 10.3. The Labute approximate surface area is 125 Å². The molecular formula is C19H19NO. The molecule has 2 heteroatoms. The van der Waals surface area contributed by atoms with Gasteiger partial charge in [0.2, 0.25) is 0 Å². The number of aryl methyl sites for hydroxylation is 3. The minimum atomic E-state index is 0.741. The van der Waals surface area contributed by atoms with E-state index in [2.05, 4.69) is 42.0 Å². The first-order valence-corrected chi connectivity index (χ1v) is 7.36. The number of aldehydes is 1. The lowest BCUT2D eigenvalue weighted by Gasteiger charge is -2.06. The lowest BCUT2D eigenvalue weighted by atomic mass is 10.1. The highest BCUT2D eigenvalue weighted by Crippen LogP contribution is 2.22. The number of nitrogens with zero attached hydrogens (tertiary/aromatic N) is 1. The molecule has 0 atom stereocenters. The van der Waals surface area contributed by atoms with Crippen molar-refractivity contribution in [2.45, 2.75) is 26.3 Å². The lowest BCUT2D eigenvalue weighted by molar-refractivity contribution is 0.112. The molecule has 106 valence electrons. The summed E-state index contributed by atoms with van der Waals surface area (Å²) in [6, 6.07) is 16.5. The first kappa shape index (κ1) is 13.6. The summed E-state index contributed by atoms with van der Waals surface area (Å²) in [5, 5.41) is 1.24. The number of carbonyl (C=O) groups is 1. The van der Waals surface area contributed by atoms with E-state index in [9.17, 15) is 4.79 Å². The van der Waals surface area contributed by atoms with E-state index >= 15 is 0 Å². The fraction of sp³-hybridized carbons (Fsp3) is 0.211. The Bertz CT molecular complexity index is 756. The molecule has 0 aliphatic carbocycles. The Morgan fingerprint density at radius 3 is 2.67 bits per heavy atom. The number of fused-ring (bicyclic) bond motifs is 1. The fourth-order valence-electron chi connectivity index (χ4n) is 2.85. The van der Waals surface area contributed by atoms with Gasteiger partial charge in [-0.05, 0) is 37.0 Å². The zero-order valence-electron chi connectivity index (χ0n) is 12.3. The van der Waals surface area contributed by atoms with Crippen LogP contribution in [0.15, 0.2) is 54.7 Å². The second-order valence-corrected chi connectivity index (χ2v) is 5.49. The SMILES string of the molecule is Cc1cn(CCCc2ccccc2)c2cc(C=O)ccc12. The Balaban J connectivity index is 1.79. The van der Waals surface area contributed by atoms with Crippen molar-refractivity contribution in [1.29, 1.82) is 0 Å². The summed E-state index contributed by atoms with van der Waals surface area (Å²) in [6.45, 7) is 3.10. The van der Waals surface area contributed by atoms with E-state index in [0.717, 1.165) is 36.8 Å². The average Bonchev–Trinajstić information content (AvgIpc) is 2.84. The topological polar surface area (TPSA) is 22.0 Å². The van der Waals surface area contributed by atoms with Gasteiger partial charge in [-0.25, -0.2) is 0 Å². The highest BCUT2D eigenvalue weighted by atomic mass is 16.1. The van der Waals surface area contributed by atoms with Gasteiger partial charge < -0.3 is 4.57 Å². The monoisotopic (exact) mass is 277 g/mol. The van der Waals surface area contributed by atoms with Crippen LogP contribution in [0.4, 0.5) is 0 Å². The van der Waals surface area contributed by atoms with E-state index in [1.165, 1.54) is 16.5 Å². The van der Waals surface area contributed by atoms with Crippen LogP contribution in [0.5, 0.6) is 0 Å². The van der Waals surface area contributed by atoms with Crippen LogP contribution in [-0.2, 0) is 13.0 Å². The third-order valence-corrected chi connectivity index (χ3v) is 3.95. The Morgan fingerprint density at radius 1 is 1.10 bits per heavy atom. The summed E-state index contributed by atoms with van der Waals surface area (Å²) in [5.74, 6) is 0. The molecule has 0 saturated heterocycles. The van der Waals surface area contributed by atoms with Crippen molar-refractivity contribution < 1.29 is 4.79 Å². The number of hydrogen-bond acceptors (Lipinski definition) is 1. The summed E-state index contributed by atoms with van der Waals surface area (Å²) >= 11 is 0. The fourth-order valence-corrected chi connectivity index (χ4v) is 2.85. The van der Waals surface area contributed by atoms with Crippen molar-refractivity contribution in [3.8, 4) is 0 Å². The molecule has 0 aliphatic rings. The van der Waals surface area contributed by atoms with Gasteiger partial charge in [-0.3, -0.25) is 4.79 Å². The molecular weight excluding hydrogens is 258 g/mol. The Kier molecular flexibility index (Phi) is 3.87. The van der Waals surface area contributed by atoms with E-state index in [-0.39, 0.29) is 0 Å². The minimum absolute atomic E-state index is 0.741. The zero-order chi connectivity index (χ0) is 14.7. The van der Waals surface area contributed by atoms with Crippen LogP contribution in [0.1, 0.15) is 27.9 Å². The first-order valence-electron chi connectivity index (χ1n) is 7.36. The van der Waals surface area contributed by atoms with Crippen molar-refractivity contribution in [3.63, 3.8) is 0 Å². The number of hydrogen-bond donors (Lipinski definition) is 0. The van der Waals surface area contributed by atoms with Crippen molar-refractivity contribution >= 4 is 17.2 Å². The molecule has 0 spiro atoms. The van der Waals surface area contributed by atoms with Crippen LogP contribution >= 0.6 is 0 Å². The maximum absolute atomic E-state index is 11.0. The predicted molar refractivity (Wildman–Crippen MR) is 86.8 cm³/mol. The lowest BCUT2D eigenvalue weighted by Crippen LogP contribution is -1.98. The molecule has 3 rings (SSSR count). The predicted octanol–water partition coefficient (Wildman–Crippen LogP) is 4.40. The van der Waals surface area contributed by atoms with Crippen LogP contribution in [0.3, 0.4) is 0 Å². The third-order valence-electron chi connectivity index (χ3n) is 3.95. The number of carbonyl (C=O) groups excluding carboxylic acids is 1. The molecule has 1 heterocycles. The van der Waals surface area contributed by atoms with Crippen molar-refractivity contribution in [2.75, 3.05) is 0 Å². The zero-order valence-corrected chi connectivity index (χ0v) is 12.3. The van der Waals surface area contributed by atoms with Gasteiger partial charge in [-0.1, -0.05) is 42.5 Å². The highest BCUT2D eigenvalue weighted by molar-refractivity contribution is 5.89. The number of benzene rings is 2. The van der Waals surface area contributed by atoms with Crippen molar-refractivity contribution in [2.24, 2.45) is 0 Å². The summed E-state index contributed by atoms with van der Waals surface area (Å²) in [6.07, 6.45) is 5.27. The van der Waals surface area contributed by atoms with Crippen LogP contribution in [-0.4, -0.2) is 10.9 Å². The van der Waals surface area contributed by atoms with E-state index in [1.54, 1.807) is 0 Å². The van der Waals surface area contributed by atoms with Crippen LogP contribution < -0.4 is 0 Å². The summed E-state index contributed by atoms with van der Waals surface area (Å²) in [5.41, 5.74) is 4.54. The molecule has 0 radical (unpaired) electrons. The van der Waals surface area contributed by atoms with Crippen LogP contribution in [0.25, 0.3) is 10.9 Å². The standard InChI is InChI=1S/C19H19NO/c1-15-13-20(11-5-8-16-6-3-2-4-7-16)19-12-17(14-21)9-10-18(15)19/h2-4,6-7,9-10,12-14H,5,8,11H2,1H3. The molecule has 0 unspecified atom stereocenters. The molecule has 3 aromatic rings. The average molecular weight is 277 g/mol. The van der Waals surface area contributed by atoms with Crippen LogP contribution in [0.2, 0.25) is 0 Å². The van der Waals surface area contributed by atoms with Gasteiger partial charge in [0, 0.05) is 29.2 Å². The van der Waals surface area contributed by atoms with E-state index in [0.29, 0.717) is 0 Å². The smallest absolute Gasteiger partial charge is 0.150 e.